The van der Waals surface area contributed by atoms with Gasteiger partial charge in [-0.15, -0.1) is 0 Å². The van der Waals surface area contributed by atoms with Crippen LogP contribution < -0.4 is 14.9 Å². The highest BCUT2D eigenvalue weighted by Crippen LogP contribution is 2.28. The van der Waals surface area contributed by atoms with Gasteiger partial charge in [-0.1, -0.05) is 48.0 Å². The van der Waals surface area contributed by atoms with Crippen molar-refractivity contribution in [2.75, 3.05) is 12.5 Å². The van der Waals surface area contributed by atoms with E-state index in [0.717, 1.165) is 16.8 Å². The van der Waals surface area contributed by atoms with Gasteiger partial charge < -0.3 is 9.47 Å². The molecule has 132 valence electrons. The number of para-hydroxylation sites is 1. The van der Waals surface area contributed by atoms with Gasteiger partial charge in [0, 0.05) is 0 Å². The largest absolute Gasteiger partial charge is 0.493 e. The third-order valence-electron chi connectivity index (χ3n) is 3.85. The molecule has 0 atom stereocenters. The number of hydrogen-bond donors (Lipinski definition) is 1. The first-order valence-corrected chi connectivity index (χ1v) is 8.45. The zero-order chi connectivity index (χ0) is 18.2. The molecule has 0 spiro atoms. The molecule has 26 heavy (non-hydrogen) atoms. The molecule has 0 bridgehead atoms. The number of hydrogen-bond acceptors (Lipinski definition) is 4. The third-order valence-corrected chi connectivity index (χ3v) is 3.85. The monoisotopic (exact) mass is 346 g/mol. The molecule has 4 nitrogen and oxygen atoms in total. The molecule has 0 saturated carbocycles. The molecule has 0 aromatic heterocycles. The lowest BCUT2D eigenvalue weighted by molar-refractivity contribution is 0.284. The van der Waals surface area contributed by atoms with Crippen molar-refractivity contribution >= 4 is 11.9 Å². The molecule has 0 aliphatic heterocycles. The van der Waals surface area contributed by atoms with Crippen LogP contribution >= 0.6 is 0 Å². The number of anilines is 1. The Morgan fingerprint density at radius 3 is 2.54 bits per heavy atom. The fraction of sp³-hybridized carbons (Fsp3) is 0.136. The van der Waals surface area contributed by atoms with Crippen LogP contribution in [0.15, 0.2) is 77.9 Å². The second-order valence-electron chi connectivity index (χ2n) is 5.92. The molecule has 1 N–H and O–H groups in total. The molecule has 3 aromatic rings. The van der Waals surface area contributed by atoms with Gasteiger partial charge in [-0.05, 0) is 48.4 Å². The summed E-state index contributed by atoms with van der Waals surface area (Å²) in [5, 5.41) is 4.25. The molecule has 0 saturated heterocycles. The van der Waals surface area contributed by atoms with E-state index >= 15 is 0 Å². The minimum atomic E-state index is 0.501. The molecule has 0 radical (unpaired) electrons. The molecular weight excluding hydrogens is 324 g/mol. The number of nitrogens with zero attached hydrogens (tertiary/aromatic N) is 1. The molecule has 0 fully saturated rings. The van der Waals surface area contributed by atoms with Gasteiger partial charge in [0.05, 0.1) is 19.0 Å². The van der Waals surface area contributed by atoms with Gasteiger partial charge in [0.25, 0.3) is 0 Å². The van der Waals surface area contributed by atoms with Crippen LogP contribution in [0.5, 0.6) is 11.5 Å². The Labute approximate surface area is 154 Å². The highest BCUT2D eigenvalue weighted by atomic mass is 16.5. The van der Waals surface area contributed by atoms with Crippen LogP contribution in [-0.2, 0) is 6.61 Å². The number of aryl methyl sites for hydroxylation is 1. The smallest absolute Gasteiger partial charge is 0.161 e. The second-order valence-corrected chi connectivity index (χ2v) is 5.92. The minimum Gasteiger partial charge on any atom is -0.493 e. The Bertz CT molecular complexity index is 876. The summed E-state index contributed by atoms with van der Waals surface area (Å²) in [6.07, 6.45) is 1.75. The van der Waals surface area contributed by atoms with Gasteiger partial charge in [-0.3, -0.25) is 5.43 Å². The zero-order valence-electron chi connectivity index (χ0n) is 15.0. The maximum atomic E-state index is 5.91. The molecule has 0 aliphatic carbocycles. The van der Waals surface area contributed by atoms with Crippen LogP contribution in [0, 0.1) is 6.92 Å². The van der Waals surface area contributed by atoms with Crippen molar-refractivity contribution in [2.24, 2.45) is 5.10 Å². The zero-order valence-corrected chi connectivity index (χ0v) is 15.0. The van der Waals surface area contributed by atoms with Crippen molar-refractivity contribution in [3.05, 3.63) is 89.5 Å². The number of rotatable bonds is 7. The predicted molar refractivity (Wildman–Crippen MR) is 106 cm³/mol. The lowest BCUT2D eigenvalue weighted by atomic mass is 10.1. The van der Waals surface area contributed by atoms with Crippen molar-refractivity contribution in [2.45, 2.75) is 13.5 Å². The molecule has 0 heterocycles. The summed E-state index contributed by atoms with van der Waals surface area (Å²) < 4.78 is 11.4. The second kappa shape index (κ2) is 8.72. The van der Waals surface area contributed by atoms with Crippen molar-refractivity contribution in [3.63, 3.8) is 0 Å². The quantitative estimate of drug-likeness (QED) is 0.482. The van der Waals surface area contributed by atoms with E-state index in [1.54, 1.807) is 13.3 Å². The van der Waals surface area contributed by atoms with Gasteiger partial charge in [0.1, 0.15) is 6.61 Å². The Morgan fingerprint density at radius 2 is 1.77 bits per heavy atom. The van der Waals surface area contributed by atoms with E-state index in [2.05, 4.69) is 35.7 Å². The Kier molecular flexibility index (Phi) is 5.88. The minimum absolute atomic E-state index is 0.501. The lowest BCUT2D eigenvalue weighted by Crippen LogP contribution is -1.99. The summed E-state index contributed by atoms with van der Waals surface area (Å²) in [7, 11) is 1.64. The fourth-order valence-corrected chi connectivity index (χ4v) is 2.54. The SMILES string of the molecule is COc1cc(C=NNc2ccccc2)ccc1OCc1cccc(C)c1. The van der Waals surface area contributed by atoms with Crippen LogP contribution in [-0.4, -0.2) is 13.3 Å². The van der Waals surface area contributed by atoms with Crippen molar-refractivity contribution in [1.29, 1.82) is 0 Å². The molecule has 3 rings (SSSR count). The highest BCUT2D eigenvalue weighted by Gasteiger charge is 2.06. The number of hydrazone groups is 1. The van der Waals surface area contributed by atoms with E-state index in [1.165, 1.54) is 5.56 Å². The van der Waals surface area contributed by atoms with Crippen molar-refractivity contribution in [3.8, 4) is 11.5 Å². The topological polar surface area (TPSA) is 42.8 Å². The maximum absolute atomic E-state index is 5.91. The third kappa shape index (κ3) is 4.86. The molecule has 4 heteroatoms. The van der Waals surface area contributed by atoms with Crippen molar-refractivity contribution < 1.29 is 9.47 Å². The summed E-state index contributed by atoms with van der Waals surface area (Å²) in [5.41, 5.74) is 7.20. The average Bonchev–Trinajstić information content (AvgIpc) is 2.67. The number of nitrogens with one attached hydrogen (secondary N) is 1. The maximum Gasteiger partial charge on any atom is 0.161 e. The molecule has 0 unspecified atom stereocenters. The van der Waals surface area contributed by atoms with Gasteiger partial charge >= 0.3 is 0 Å². The molecule has 0 aliphatic rings. The van der Waals surface area contributed by atoms with E-state index in [9.17, 15) is 0 Å². The van der Waals surface area contributed by atoms with Crippen LogP contribution in [0.2, 0.25) is 0 Å². The summed E-state index contributed by atoms with van der Waals surface area (Å²) in [4.78, 5) is 0. The standard InChI is InChI=1S/C22H22N2O2/c1-17-7-6-8-19(13-17)16-26-21-12-11-18(14-22(21)25-2)15-23-24-20-9-4-3-5-10-20/h3-15,24H,16H2,1-2H3. The number of benzene rings is 3. The van der Waals surface area contributed by atoms with Crippen LogP contribution in [0.25, 0.3) is 0 Å². The van der Waals surface area contributed by atoms with E-state index in [4.69, 9.17) is 9.47 Å². The average molecular weight is 346 g/mol. The highest BCUT2D eigenvalue weighted by molar-refractivity contribution is 5.81. The van der Waals surface area contributed by atoms with Crippen LogP contribution in [0.1, 0.15) is 16.7 Å². The number of methoxy groups -OCH3 is 1. The Balaban J connectivity index is 1.65. The summed E-state index contributed by atoms with van der Waals surface area (Å²) in [5.74, 6) is 1.39. The van der Waals surface area contributed by atoms with E-state index in [-0.39, 0.29) is 0 Å². The van der Waals surface area contributed by atoms with E-state index in [0.29, 0.717) is 18.1 Å². The summed E-state index contributed by atoms with van der Waals surface area (Å²) >= 11 is 0. The van der Waals surface area contributed by atoms with Crippen molar-refractivity contribution in [1.82, 2.24) is 0 Å². The molecule has 3 aromatic carbocycles. The first-order chi connectivity index (χ1) is 12.7. The normalized spacial score (nSPS) is 10.7. The van der Waals surface area contributed by atoms with E-state index in [1.807, 2.05) is 54.6 Å². The van der Waals surface area contributed by atoms with Gasteiger partial charge in [0.15, 0.2) is 11.5 Å². The molecular formula is C22H22N2O2. The van der Waals surface area contributed by atoms with Crippen LogP contribution in [0.4, 0.5) is 5.69 Å². The van der Waals surface area contributed by atoms with Gasteiger partial charge in [-0.2, -0.15) is 5.10 Å². The summed E-state index contributed by atoms with van der Waals surface area (Å²) in [6.45, 7) is 2.57. The summed E-state index contributed by atoms with van der Waals surface area (Å²) in [6, 6.07) is 23.8. The predicted octanol–water partition coefficient (Wildman–Crippen LogP) is 5.03. The number of ether oxygens (including phenoxy) is 2. The van der Waals surface area contributed by atoms with Gasteiger partial charge in [-0.25, -0.2) is 0 Å². The molecule has 0 amide bonds. The first-order valence-electron chi connectivity index (χ1n) is 8.45. The fourth-order valence-electron chi connectivity index (χ4n) is 2.54. The Morgan fingerprint density at radius 1 is 0.923 bits per heavy atom. The van der Waals surface area contributed by atoms with Gasteiger partial charge in [0.2, 0.25) is 0 Å². The lowest BCUT2D eigenvalue weighted by Gasteiger charge is -2.11. The van der Waals surface area contributed by atoms with Crippen LogP contribution in [0.3, 0.4) is 0 Å². The Hall–Kier alpha value is -3.27. The van der Waals surface area contributed by atoms with E-state index < -0.39 is 0 Å². The first kappa shape index (κ1) is 17.5.